The molecule has 0 aliphatic heterocycles. The fraction of sp³-hybridized carbons (Fsp3) is 0.400. The molecule has 1 amide bonds. The van der Waals surface area contributed by atoms with Gasteiger partial charge in [-0.3, -0.25) is 4.79 Å². The Bertz CT molecular complexity index is 295. The van der Waals surface area contributed by atoms with Crippen molar-refractivity contribution < 1.29 is 4.79 Å². The first kappa shape index (κ1) is 10.5. The molecule has 1 heterocycles. The zero-order valence-corrected chi connectivity index (χ0v) is 8.29. The normalized spacial score (nSPS) is 9.79. The average Bonchev–Trinajstić information content (AvgIpc) is 2.19. The first-order chi connectivity index (χ1) is 6.74. The summed E-state index contributed by atoms with van der Waals surface area (Å²) in [5.41, 5.74) is 5.52. The third kappa shape index (κ3) is 3.05. The number of nitrogens with one attached hydrogen (secondary N) is 1. The number of carbonyl (C=O) groups is 1. The Kier molecular flexibility index (Phi) is 3.91. The number of primary amides is 1. The number of hydrogen-bond acceptors (Lipinski definition) is 3. The number of carbonyl (C=O) groups excluding carboxylic acids is 1. The summed E-state index contributed by atoms with van der Waals surface area (Å²) in [7, 11) is 0. The molecule has 4 heteroatoms. The van der Waals surface area contributed by atoms with Gasteiger partial charge in [0.25, 0.3) is 0 Å². The Hall–Kier alpha value is -1.58. The second kappa shape index (κ2) is 5.21. The summed E-state index contributed by atoms with van der Waals surface area (Å²) in [4.78, 5) is 14.8. The van der Waals surface area contributed by atoms with E-state index in [1.165, 1.54) is 6.20 Å². The number of pyridine rings is 1. The first-order valence-corrected chi connectivity index (χ1v) is 4.73. The van der Waals surface area contributed by atoms with Crippen LogP contribution in [0.5, 0.6) is 0 Å². The summed E-state index contributed by atoms with van der Waals surface area (Å²) in [5, 5.41) is 3.15. The fourth-order valence-corrected chi connectivity index (χ4v) is 1.04. The Morgan fingerprint density at radius 1 is 1.57 bits per heavy atom. The molecule has 4 nitrogen and oxygen atoms in total. The topological polar surface area (TPSA) is 68.0 Å². The van der Waals surface area contributed by atoms with Gasteiger partial charge in [-0.15, -0.1) is 0 Å². The summed E-state index contributed by atoms with van der Waals surface area (Å²) in [6.07, 6.45) is 3.74. The molecule has 0 bridgehead atoms. The lowest BCUT2D eigenvalue weighted by atomic mass is 10.2. The molecule has 0 saturated heterocycles. The highest BCUT2D eigenvalue weighted by Crippen LogP contribution is 2.04. The van der Waals surface area contributed by atoms with Crippen molar-refractivity contribution in [1.29, 1.82) is 0 Å². The molecule has 0 aliphatic rings. The molecule has 0 aromatic carbocycles. The number of anilines is 1. The molecule has 1 aromatic rings. The Morgan fingerprint density at radius 3 is 2.86 bits per heavy atom. The summed E-state index contributed by atoms with van der Waals surface area (Å²) in [6.45, 7) is 3.03. The van der Waals surface area contributed by atoms with Crippen LogP contribution in [-0.2, 0) is 0 Å². The lowest BCUT2D eigenvalue weighted by molar-refractivity contribution is 0.1000. The van der Waals surface area contributed by atoms with Crippen LogP contribution in [0.25, 0.3) is 0 Å². The van der Waals surface area contributed by atoms with Crippen molar-refractivity contribution in [3.63, 3.8) is 0 Å². The summed E-state index contributed by atoms with van der Waals surface area (Å²) in [6, 6.07) is 3.43. The van der Waals surface area contributed by atoms with Crippen molar-refractivity contribution in [1.82, 2.24) is 4.98 Å². The van der Waals surface area contributed by atoms with Gasteiger partial charge in [0.1, 0.15) is 5.82 Å². The maximum Gasteiger partial charge on any atom is 0.250 e. The van der Waals surface area contributed by atoms with Gasteiger partial charge in [-0.1, -0.05) is 13.3 Å². The molecule has 0 atom stereocenters. The Labute approximate surface area is 83.5 Å². The van der Waals surface area contributed by atoms with Crippen LogP contribution in [-0.4, -0.2) is 17.4 Å². The molecule has 0 unspecified atom stereocenters. The molecule has 1 aromatic heterocycles. The lowest BCUT2D eigenvalue weighted by Crippen LogP contribution is -2.11. The van der Waals surface area contributed by atoms with E-state index in [4.69, 9.17) is 5.73 Å². The molecular formula is C10H15N3O. The van der Waals surface area contributed by atoms with E-state index in [9.17, 15) is 4.79 Å². The van der Waals surface area contributed by atoms with E-state index in [1.54, 1.807) is 12.1 Å². The maximum atomic E-state index is 10.7. The molecule has 0 fully saturated rings. The standard InChI is InChI=1S/C10H15N3O/c1-2-3-6-12-9-5-4-8(7-13-9)10(11)14/h4-5,7H,2-3,6H2,1H3,(H2,11,14)(H,12,13). The third-order valence-electron chi connectivity index (χ3n) is 1.88. The molecule has 0 spiro atoms. The maximum absolute atomic E-state index is 10.7. The van der Waals surface area contributed by atoms with Crippen LogP contribution in [0, 0.1) is 0 Å². The summed E-state index contributed by atoms with van der Waals surface area (Å²) in [5.74, 6) is 0.334. The van der Waals surface area contributed by atoms with Crippen LogP contribution in [0.4, 0.5) is 5.82 Å². The zero-order chi connectivity index (χ0) is 10.4. The van der Waals surface area contributed by atoms with Crippen LogP contribution >= 0.6 is 0 Å². The van der Waals surface area contributed by atoms with Crippen LogP contribution in [0.2, 0.25) is 0 Å². The molecule has 1 rings (SSSR count). The minimum Gasteiger partial charge on any atom is -0.370 e. The Morgan fingerprint density at radius 2 is 2.36 bits per heavy atom. The molecule has 14 heavy (non-hydrogen) atoms. The van der Waals surface area contributed by atoms with Crippen molar-refractivity contribution >= 4 is 11.7 Å². The Balaban J connectivity index is 2.51. The number of hydrogen-bond donors (Lipinski definition) is 2. The van der Waals surface area contributed by atoms with E-state index in [0.29, 0.717) is 5.56 Å². The van der Waals surface area contributed by atoms with Gasteiger partial charge in [-0.25, -0.2) is 4.98 Å². The van der Waals surface area contributed by atoms with Gasteiger partial charge in [0, 0.05) is 12.7 Å². The highest BCUT2D eigenvalue weighted by Gasteiger charge is 1.99. The predicted molar refractivity (Wildman–Crippen MR) is 56.2 cm³/mol. The van der Waals surface area contributed by atoms with E-state index >= 15 is 0 Å². The van der Waals surface area contributed by atoms with Gasteiger partial charge in [-0.05, 0) is 18.6 Å². The number of nitrogens with zero attached hydrogens (tertiary/aromatic N) is 1. The predicted octanol–water partition coefficient (Wildman–Crippen LogP) is 1.39. The quantitative estimate of drug-likeness (QED) is 0.694. The van der Waals surface area contributed by atoms with Crippen LogP contribution in [0.1, 0.15) is 30.1 Å². The van der Waals surface area contributed by atoms with Crippen molar-refractivity contribution in [2.45, 2.75) is 19.8 Å². The number of rotatable bonds is 5. The van der Waals surface area contributed by atoms with Gasteiger partial charge < -0.3 is 11.1 Å². The molecule has 0 aliphatic carbocycles. The van der Waals surface area contributed by atoms with Gasteiger partial charge in [0.15, 0.2) is 0 Å². The number of amides is 1. The number of nitrogens with two attached hydrogens (primary N) is 1. The minimum absolute atomic E-state index is 0.436. The summed E-state index contributed by atoms with van der Waals surface area (Å²) >= 11 is 0. The highest BCUT2D eigenvalue weighted by molar-refractivity contribution is 5.92. The second-order valence-corrected chi connectivity index (χ2v) is 3.08. The van der Waals surface area contributed by atoms with Crippen molar-refractivity contribution in [3.8, 4) is 0 Å². The van der Waals surface area contributed by atoms with Crippen LogP contribution in [0.15, 0.2) is 18.3 Å². The smallest absolute Gasteiger partial charge is 0.250 e. The van der Waals surface area contributed by atoms with Gasteiger partial charge in [0.05, 0.1) is 5.56 Å². The van der Waals surface area contributed by atoms with Crippen molar-refractivity contribution in [2.75, 3.05) is 11.9 Å². The molecule has 0 saturated carbocycles. The van der Waals surface area contributed by atoms with E-state index in [1.807, 2.05) is 0 Å². The van der Waals surface area contributed by atoms with Gasteiger partial charge in [0.2, 0.25) is 5.91 Å². The zero-order valence-electron chi connectivity index (χ0n) is 8.29. The van der Waals surface area contributed by atoms with E-state index in [-0.39, 0.29) is 0 Å². The molecular weight excluding hydrogens is 178 g/mol. The molecule has 0 radical (unpaired) electrons. The van der Waals surface area contributed by atoms with Crippen molar-refractivity contribution in [2.24, 2.45) is 5.73 Å². The minimum atomic E-state index is -0.447. The summed E-state index contributed by atoms with van der Waals surface area (Å²) < 4.78 is 0. The average molecular weight is 193 g/mol. The largest absolute Gasteiger partial charge is 0.370 e. The third-order valence-corrected chi connectivity index (χ3v) is 1.88. The van der Waals surface area contributed by atoms with Crippen LogP contribution in [0.3, 0.4) is 0 Å². The SMILES string of the molecule is CCCCNc1ccc(C(N)=O)cn1. The fourth-order valence-electron chi connectivity index (χ4n) is 1.04. The van der Waals surface area contributed by atoms with E-state index in [2.05, 4.69) is 17.2 Å². The first-order valence-electron chi connectivity index (χ1n) is 4.73. The van der Waals surface area contributed by atoms with Gasteiger partial charge >= 0.3 is 0 Å². The molecule has 76 valence electrons. The number of unbranched alkanes of at least 4 members (excludes halogenated alkanes) is 1. The second-order valence-electron chi connectivity index (χ2n) is 3.08. The lowest BCUT2D eigenvalue weighted by Gasteiger charge is -2.03. The van der Waals surface area contributed by atoms with Gasteiger partial charge in [-0.2, -0.15) is 0 Å². The van der Waals surface area contributed by atoms with Crippen LogP contribution < -0.4 is 11.1 Å². The highest BCUT2D eigenvalue weighted by atomic mass is 16.1. The van der Waals surface area contributed by atoms with E-state index in [0.717, 1.165) is 25.2 Å². The monoisotopic (exact) mass is 193 g/mol. The van der Waals surface area contributed by atoms with Crippen molar-refractivity contribution in [3.05, 3.63) is 23.9 Å². The van der Waals surface area contributed by atoms with E-state index < -0.39 is 5.91 Å². The number of aromatic nitrogens is 1. The molecule has 3 N–H and O–H groups in total.